The summed E-state index contributed by atoms with van der Waals surface area (Å²) in [7, 11) is 0.800. The topological polar surface area (TPSA) is 112 Å². The van der Waals surface area contributed by atoms with Crippen molar-refractivity contribution in [1.82, 2.24) is 4.98 Å². The van der Waals surface area contributed by atoms with Crippen molar-refractivity contribution in [3.05, 3.63) is 32.1 Å². The van der Waals surface area contributed by atoms with Crippen LogP contribution in [0.25, 0.3) is 0 Å². The van der Waals surface area contributed by atoms with Crippen LogP contribution in [0.4, 0.5) is 19.0 Å². The summed E-state index contributed by atoms with van der Waals surface area (Å²) in [5, 5.41) is 10.6. The van der Waals surface area contributed by atoms with Gasteiger partial charge >= 0.3 is 23.7 Å². The third-order valence-corrected chi connectivity index (χ3v) is 1.78. The molecule has 0 bridgehead atoms. The van der Waals surface area contributed by atoms with Gasteiger partial charge in [0.1, 0.15) is 0 Å². The van der Waals surface area contributed by atoms with Gasteiger partial charge in [-0.15, -0.1) is 13.2 Å². The number of methoxy groups -OCH3 is 1. The Balaban J connectivity index is 3.55. The fourth-order valence-corrected chi connectivity index (χ4v) is 1.16. The molecule has 1 aromatic rings. The van der Waals surface area contributed by atoms with Crippen LogP contribution < -0.4 is 10.3 Å². The minimum absolute atomic E-state index is 0.257. The third-order valence-electron chi connectivity index (χ3n) is 1.78. The van der Waals surface area contributed by atoms with E-state index >= 15 is 0 Å². The van der Waals surface area contributed by atoms with Crippen molar-refractivity contribution in [2.45, 2.75) is 6.36 Å². The molecule has 0 aliphatic rings. The summed E-state index contributed by atoms with van der Waals surface area (Å²) < 4.78 is 43.8. The Labute approximate surface area is 101 Å². The highest BCUT2D eigenvalue weighted by molar-refractivity contribution is 5.96. The predicted octanol–water partition coefficient (Wildman–Crippen LogP) is 0.968. The normalized spacial score (nSPS) is 10.9. The number of aromatic amines is 1. The maximum absolute atomic E-state index is 12.1. The van der Waals surface area contributed by atoms with E-state index in [9.17, 15) is 32.9 Å². The van der Waals surface area contributed by atoms with Gasteiger partial charge in [-0.2, -0.15) is 0 Å². The fraction of sp³-hybridized carbons (Fsp3) is 0.250. The molecule has 19 heavy (non-hydrogen) atoms. The van der Waals surface area contributed by atoms with Gasteiger partial charge < -0.3 is 19.6 Å². The maximum Gasteiger partial charge on any atom is 0.573 e. The molecule has 0 aliphatic carbocycles. The molecule has 104 valence electrons. The minimum atomic E-state index is -5.23. The average Bonchev–Trinajstić information content (AvgIpc) is 2.24. The van der Waals surface area contributed by atoms with Crippen LogP contribution in [-0.2, 0) is 4.74 Å². The summed E-state index contributed by atoms with van der Waals surface area (Å²) in [5.74, 6) is -4.02. The van der Waals surface area contributed by atoms with E-state index in [0.29, 0.717) is 0 Å². The van der Waals surface area contributed by atoms with E-state index in [0.717, 1.165) is 7.11 Å². The Morgan fingerprint density at radius 3 is 2.47 bits per heavy atom. The third kappa shape index (κ3) is 3.43. The van der Waals surface area contributed by atoms with Crippen LogP contribution in [0.1, 0.15) is 10.4 Å². The molecule has 0 saturated heterocycles. The van der Waals surface area contributed by atoms with E-state index in [4.69, 9.17) is 0 Å². The fourth-order valence-electron chi connectivity index (χ4n) is 1.16. The molecule has 0 radical (unpaired) electrons. The average molecular weight is 282 g/mol. The Kier molecular flexibility index (Phi) is 3.77. The second kappa shape index (κ2) is 4.96. The largest absolute Gasteiger partial charge is 0.573 e. The summed E-state index contributed by atoms with van der Waals surface area (Å²) in [6.07, 6.45) is -5.23. The van der Waals surface area contributed by atoms with Crippen molar-refractivity contribution in [2.75, 3.05) is 7.11 Å². The highest BCUT2D eigenvalue weighted by atomic mass is 19.4. The quantitative estimate of drug-likeness (QED) is 0.502. The van der Waals surface area contributed by atoms with Gasteiger partial charge in [-0.1, -0.05) is 0 Å². The molecule has 8 nitrogen and oxygen atoms in total. The molecule has 0 unspecified atom stereocenters. The second-order valence-corrected chi connectivity index (χ2v) is 3.02. The van der Waals surface area contributed by atoms with Crippen LogP contribution >= 0.6 is 0 Å². The number of pyridine rings is 1. The number of nitrogens with one attached hydrogen (secondary N) is 1. The highest BCUT2D eigenvalue weighted by Gasteiger charge is 2.36. The number of carbonyl (C=O) groups is 1. The zero-order valence-electron chi connectivity index (χ0n) is 9.11. The summed E-state index contributed by atoms with van der Waals surface area (Å²) >= 11 is 0. The van der Waals surface area contributed by atoms with Gasteiger partial charge in [-0.05, 0) is 4.92 Å². The number of nitrogens with zero attached hydrogens (tertiary/aromatic N) is 1. The molecule has 1 heterocycles. The first-order chi connectivity index (χ1) is 8.65. The van der Waals surface area contributed by atoms with Gasteiger partial charge in [0.15, 0.2) is 11.3 Å². The smallest absolute Gasteiger partial charge is 0.465 e. The molecule has 0 aliphatic heterocycles. The Bertz CT molecular complexity index is 579. The number of alkyl halides is 3. The molecule has 0 atom stereocenters. The van der Waals surface area contributed by atoms with Gasteiger partial charge in [0.05, 0.1) is 13.2 Å². The van der Waals surface area contributed by atoms with Crippen LogP contribution in [0, 0.1) is 10.1 Å². The molecular weight excluding hydrogens is 277 g/mol. The summed E-state index contributed by atoms with van der Waals surface area (Å²) in [4.78, 5) is 33.2. The van der Waals surface area contributed by atoms with E-state index < -0.39 is 39.9 Å². The van der Waals surface area contributed by atoms with Gasteiger partial charge in [0.25, 0.3) is 0 Å². The second-order valence-electron chi connectivity index (χ2n) is 3.02. The van der Waals surface area contributed by atoms with Crippen LogP contribution in [0.3, 0.4) is 0 Å². The lowest BCUT2D eigenvalue weighted by atomic mass is 10.2. The Morgan fingerprint density at radius 1 is 1.47 bits per heavy atom. The van der Waals surface area contributed by atoms with Crippen molar-refractivity contribution >= 4 is 11.8 Å². The standard InChI is InChI=1S/C8H5F3N2O6/c1-18-7(15)5-3(19-8(9,10)11)2-4(14)12-6(5)13(16)17/h2H,1H3,(H,12,14). The van der Waals surface area contributed by atoms with E-state index in [-0.39, 0.29) is 6.07 Å². The number of esters is 1. The maximum atomic E-state index is 12.1. The van der Waals surface area contributed by atoms with Crippen molar-refractivity contribution in [1.29, 1.82) is 0 Å². The van der Waals surface area contributed by atoms with Crippen molar-refractivity contribution in [3.63, 3.8) is 0 Å². The molecule has 0 aromatic carbocycles. The number of hydrogen-bond donors (Lipinski definition) is 1. The van der Waals surface area contributed by atoms with E-state index in [1.165, 1.54) is 0 Å². The monoisotopic (exact) mass is 282 g/mol. The number of H-pyrrole nitrogens is 1. The Hall–Kier alpha value is -2.59. The summed E-state index contributed by atoms with van der Waals surface area (Å²) in [6, 6.07) is 0.257. The van der Waals surface area contributed by atoms with E-state index in [2.05, 4.69) is 9.47 Å². The van der Waals surface area contributed by atoms with Gasteiger partial charge in [-0.3, -0.25) is 0 Å². The molecule has 0 fully saturated rings. The van der Waals surface area contributed by atoms with Crippen molar-refractivity contribution in [3.8, 4) is 5.75 Å². The number of hydrogen-bond acceptors (Lipinski definition) is 6. The zero-order valence-corrected chi connectivity index (χ0v) is 9.11. The summed E-state index contributed by atoms with van der Waals surface area (Å²) in [6.45, 7) is 0. The zero-order chi connectivity index (χ0) is 14.8. The lowest BCUT2D eigenvalue weighted by Gasteiger charge is -2.11. The van der Waals surface area contributed by atoms with Crippen LogP contribution in [0.2, 0.25) is 0 Å². The number of halogens is 3. The molecule has 0 saturated carbocycles. The van der Waals surface area contributed by atoms with Crippen molar-refractivity contribution in [2.24, 2.45) is 0 Å². The molecule has 0 spiro atoms. The lowest BCUT2D eigenvalue weighted by molar-refractivity contribution is -0.390. The molecule has 1 aromatic heterocycles. The molecular formula is C8H5F3N2O6. The van der Waals surface area contributed by atoms with E-state index in [1.54, 1.807) is 4.98 Å². The lowest BCUT2D eigenvalue weighted by Crippen LogP contribution is -2.23. The predicted molar refractivity (Wildman–Crippen MR) is 51.7 cm³/mol. The van der Waals surface area contributed by atoms with E-state index in [1.807, 2.05) is 0 Å². The van der Waals surface area contributed by atoms with Gasteiger partial charge in [0.2, 0.25) is 0 Å². The number of nitro groups is 1. The first-order valence-electron chi connectivity index (χ1n) is 4.41. The highest BCUT2D eigenvalue weighted by Crippen LogP contribution is 2.30. The number of ether oxygens (including phenoxy) is 2. The number of rotatable bonds is 3. The number of aromatic nitrogens is 1. The molecule has 1 N–H and O–H groups in total. The van der Waals surface area contributed by atoms with Crippen LogP contribution in [-0.4, -0.2) is 29.3 Å². The van der Waals surface area contributed by atoms with Crippen LogP contribution in [0.5, 0.6) is 5.75 Å². The number of carbonyl (C=O) groups excluding carboxylic acids is 1. The Morgan fingerprint density at radius 2 is 2.05 bits per heavy atom. The molecule has 1 rings (SSSR count). The molecule has 0 amide bonds. The van der Waals surface area contributed by atoms with Crippen molar-refractivity contribution < 1.29 is 32.4 Å². The minimum Gasteiger partial charge on any atom is -0.465 e. The molecule has 11 heteroatoms. The van der Waals surface area contributed by atoms with Gasteiger partial charge in [-0.25, -0.2) is 14.6 Å². The first kappa shape index (κ1) is 14.5. The first-order valence-corrected chi connectivity index (χ1v) is 4.41. The van der Waals surface area contributed by atoms with Gasteiger partial charge in [0, 0.05) is 0 Å². The van der Waals surface area contributed by atoms with Crippen LogP contribution in [0.15, 0.2) is 10.9 Å². The SMILES string of the molecule is COC(=O)c1c(OC(F)(F)F)cc(=O)[nH]c1[N+](=O)[O-]. The summed E-state index contributed by atoms with van der Waals surface area (Å²) in [5.41, 5.74) is -2.37.